The Balaban J connectivity index is 1.46. The predicted octanol–water partition coefficient (Wildman–Crippen LogP) is 3.11. The van der Waals surface area contributed by atoms with E-state index in [1.807, 2.05) is 42.5 Å². The normalized spacial score (nSPS) is 10.1. The first-order valence-electron chi connectivity index (χ1n) is 7.87. The summed E-state index contributed by atoms with van der Waals surface area (Å²) in [5, 5.41) is 5.92. The van der Waals surface area contributed by atoms with Crippen LogP contribution in [-0.4, -0.2) is 22.5 Å². The highest BCUT2D eigenvalue weighted by atomic mass is 16.5. The summed E-state index contributed by atoms with van der Waals surface area (Å²) < 4.78 is 5.39. The average Bonchev–Trinajstić information content (AvgIpc) is 2.67. The van der Waals surface area contributed by atoms with Crippen molar-refractivity contribution in [3.8, 4) is 5.75 Å². The van der Waals surface area contributed by atoms with Crippen LogP contribution < -0.4 is 15.4 Å². The molecule has 126 valence electrons. The van der Waals surface area contributed by atoms with Crippen molar-refractivity contribution in [3.05, 3.63) is 78.8 Å². The zero-order valence-electron chi connectivity index (χ0n) is 13.6. The standard InChI is InChI=1S/C19H18N4O2/c24-19(14-25-17-7-2-1-3-8-17)23-18-10-9-16(13-22-18)21-12-15-6-4-5-11-20-15/h1-11,13,21H,12,14H2,(H,22,23,24). The van der Waals surface area contributed by atoms with E-state index >= 15 is 0 Å². The van der Waals surface area contributed by atoms with Crippen LogP contribution in [0.2, 0.25) is 0 Å². The van der Waals surface area contributed by atoms with Crippen molar-refractivity contribution < 1.29 is 9.53 Å². The van der Waals surface area contributed by atoms with Gasteiger partial charge < -0.3 is 15.4 Å². The molecule has 1 aromatic carbocycles. The van der Waals surface area contributed by atoms with Gasteiger partial charge in [-0.25, -0.2) is 4.98 Å². The number of nitrogens with zero attached hydrogens (tertiary/aromatic N) is 2. The molecule has 25 heavy (non-hydrogen) atoms. The van der Waals surface area contributed by atoms with Gasteiger partial charge in [-0.05, 0) is 36.4 Å². The number of anilines is 2. The Hall–Kier alpha value is -3.41. The van der Waals surface area contributed by atoms with Gasteiger partial charge in [0.25, 0.3) is 5.91 Å². The first-order valence-corrected chi connectivity index (χ1v) is 7.87. The third-order valence-electron chi connectivity index (χ3n) is 3.34. The third kappa shape index (κ3) is 5.31. The number of ether oxygens (including phenoxy) is 1. The Kier molecular flexibility index (Phi) is 5.56. The van der Waals surface area contributed by atoms with E-state index in [0.29, 0.717) is 18.1 Å². The Bertz CT molecular complexity index is 793. The number of aromatic nitrogens is 2. The number of pyridine rings is 2. The highest BCUT2D eigenvalue weighted by molar-refractivity contribution is 5.91. The van der Waals surface area contributed by atoms with Gasteiger partial charge in [0.2, 0.25) is 0 Å². The molecule has 3 aromatic rings. The molecule has 0 bridgehead atoms. The molecule has 2 heterocycles. The second-order valence-corrected chi connectivity index (χ2v) is 5.26. The van der Waals surface area contributed by atoms with Crippen molar-refractivity contribution in [1.82, 2.24) is 9.97 Å². The molecule has 0 aliphatic heterocycles. The molecular formula is C19H18N4O2. The van der Waals surface area contributed by atoms with Crippen molar-refractivity contribution in [3.63, 3.8) is 0 Å². The van der Waals surface area contributed by atoms with Crippen LogP contribution in [0.1, 0.15) is 5.69 Å². The van der Waals surface area contributed by atoms with Crippen molar-refractivity contribution in [1.29, 1.82) is 0 Å². The molecule has 0 aliphatic rings. The molecule has 0 fully saturated rings. The fourth-order valence-corrected chi connectivity index (χ4v) is 2.11. The summed E-state index contributed by atoms with van der Waals surface area (Å²) in [5.41, 5.74) is 1.79. The maximum absolute atomic E-state index is 11.9. The van der Waals surface area contributed by atoms with Gasteiger partial charge in [0.15, 0.2) is 6.61 Å². The first kappa shape index (κ1) is 16.4. The van der Waals surface area contributed by atoms with Crippen LogP contribution in [0, 0.1) is 0 Å². The SMILES string of the molecule is O=C(COc1ccccc1)Nc1ccc(NCc2ccccn2)cn1. The van der Waals surface area contributed by atoms with Crippen LogP contribution in [0.4, 0.5) is 11.5 Å². The van der Waals surface area contributed by atoms with Crippen LogP contribution in [0.15, 0.2) is 73.1 Å². The number of benzene rings is 1. The molecule has 0 unspecified atom stereocenters. The first-order chi connectivity index (χ1) is 12.3. The lowest BCUT2D eigenvalue weighted by Crippen LogP contribution is -2.20. The summed E-state index contributed by atoms with van der Waals surface area (Å²) in [6, 6.07) is 18.5. The summed E-state index contributed by atoms with van der Waals surface area (Å²) in [6.45, 7) is 0.546. The van der Waals surface area contributed by atoms with E-state index in [1.54, 1.807) is 30.6 Å². The predicted molar refractivity (Wildman–Crippen MR) is 96.4 cm³/mol. The van der Waals surface area contributed by atoms with Crippen molar-refractivity contribution in [2.75, 3.05) is 17.2 Å². The number of nitrogens with one attached hydrogen (secondary N) is 2. The molecule has 0 saturated carbocycles. The molecule has 0 radical (unpaired) electrons. The molecule has 0 saturated heterocycles. The highest BCUT2D eigenvalue weighted by Crippen LogP contribution is 2.11. The number of amides is 1. The summed E-state index contributed by atoms with van der Waals surface area (Å²) in [6.07, 6.45) is 3.42. The van der Waals surface area contributed by atoms with E-state index in [-0.39, 0.29) is 12.5 Å². The molecule has 1 amide bonds. The van der Waals surface area contributed by atoms with Crippen molar-refractivity contribution in [2.45, 2.75) is 6.54 Å². The van der Waals surface area contributed by atoms with Crippen molar-refractivity contribution in [2.24, 2.45) is 0 Å². The average molecular weight is 334 g/mol. The van der Waals surface area contributed by atoms with Crippen LogP contribution in [-0.2, 0) is 11.3 Å². The van der Waals surface area contributed by atoms with Gasteiger partial charge >= 0.3 is 0 Å². The van der Waals surface area contributed by atoms with Gasteiger partial charge in [-0.1, -0.05) is 24.3 Å². The minimum atomic E-state index is -0.259. The van der Waals surface area contributed by atoms with E-state index in [4.69, 9.17) is 4.74 Å². The number of rotatable bonds is 7. The second-order valence-electron chi connectivity index (χ2n) is 5.26. The molecule has 0 aliphatic carbocycles. The van der Waals surface area contributed by atoms with Crippen LogP contribution >= 0.6 is 0 Å². The summed E-state index contributed by atoms with van der Waals surface area (Å²) in [4.78, 5) is 20.3. The number of carbonyl (C=O) groups is 1. The van der Waals surface area contributed by atoms with Gasteiger partial charge in [0.1, 0.15) is 11.6 Å². The number of carbonyl (C=O) groups excluding carboxylic acids is 1. The Morgan fingerprint density at radius 1 is 0.960 bits per heavy atom. The van der Waals surface area contributed by atoms with Crippen LogP contribution in [0.25, 0.3) is 0 Å². The fraction of sp³-hybridized carbons (Fsp3) is 0.105. The third-order valence-corrected chi connectivity index (χ3v) is 3.34. The zero-order chi connectivity index (χ0) is 17.3. The van der Waals surface area contributed by atoms with E-state index in [2.05, 4.69) is 20.6 Å². The zero-order valence-corrected chi connectivity index (χ0v) is 13.6. The van der Waals surface area contributed by atoms with Crippen LogP contribution in [0.3, 0.4) is 0 Å². The molecule has 3 rings (SSSR count). The Morgan fingerprint density at radius 3 is 2.52 bits per heavy atom. The lowest BCUT2D eigenvalue weighted by molar-refractivity contribution is -0.118. The molecule has 2 N–H and O–H groups in total. The van der Waals surface area contributed by atoms with Gasteiger partial charge in [-0.15, -0.1) is 0 Å². The number of hydrogen-bond donors (Lipinski definition) is 2. The van der Waals surface area contributed by atoms with Crippen molar-refractivity contribution >= 4 is 17.4 Å². The smallest absolute Gasteiger partial charge is 0.263 e. The van der Waals surface area contributed by atoms with Gasteiger partial charge in [-0.3, -0.25) is 9.78 Å². The topological polar surface area (TPSA) is 76.1 Å². The lowest BCUT2D eigenvalue weighted by Gasteiger charge is -2.08. The monoisotopic (exact) mass is 334 g/mol. The number of hydrogen-bond acceptors (Lipinski definition) is 5. The minimum absolute atomic E-state index is 0.0641. The van der Waals surface area contributed by atoms with Gasteiger partial charge in [-0.2, -0.15) is 0 Å². The lowest BCUT2D eigenvalue weighted by atomic mass is 10.3. The molecule has 6 heteroatoms. The summed E-state index contributed by atoms with van der Waals surface area (Å²) in [5.74, 6) is 0.871. The molecular weight excluding hydrogens is 316 g/mol. The minimum Gasteiger partial charge on any atom is -0.484 e. The maximum atomic E-state index is 11.9. The number of para-hydroxylation sites is 1. The molecule has 0 spiro atoms. The fourth-order valence-electron chi connectivity index (χ4n) is 2.11. The van der Waals surface area contributed by atoms with E-state index in [9.17, 15) is 4.79 Å². The van der Waals surface area contributed by atoms with Crippen LogP contribution in [0.5, 0.6) is 5.75 Å². The van der Waals surface area contributed by atoms with Gasteiger partial charge in [0.05, 0.1) is 24.1 Å². The molecule has 0 atom stereocenters. The maximum Gasteiger partial charge on any atom is 0.263 e. The summed E-state index contributed by atoms with van der Waals surface area (Å²) >= 11 is 0. The Morgan fingerprint density at radius 2 is 1.80 bits per heavy atom. The second kappa shape index (κ2) is 8.44. The Labute approximate surface area is 145 Å². The molecule has 2 aromatic heterocycles. The van der Waals surface area contributed by atoms with Gasteiger partial charge in [0, 0.05) is 6.20 Å². The quantitative estimate of drug-likeness (QED) is 0.694. The highest BCUT2D eigenvalue weighted by Gasteiger charge is 2.05. The van der Waals surface area contributed by atoms with E-state index < -0.39 is 0 Å². The van der Waals surface area contributed by atoms with E-state index in [0.717, 1.165) is 11.4 Å². The molecule has 6 nitrogen and oxygen atoms in total. The largest absolute Gasteiger partial charge is 0.484 e. The summed E-state index contributed by atoms with van der Waals surface area (Å²) in [7, 11) is 0. The van der Waals surface area contributed by atoms with E-state index in [1.165, 1.54) is 0 Å².